The van der Waals surface area contributed by atoms with Crippen molar-refractivity contribution < 1.29 is 4.79 Å². The Morgan fingerprint density at radius 2 is 2.04 bits per heavy atom. The Labute approximate surface area is 162 Å². The van der Waals surface area contributed by atoms with Gasteiger partial charge in [0.15, 0.2) is 0 Å². The van der Waals surface area contributed by atoms with E-state index in [0.717, 1.165) is 54.7 Å². The Kier molecular flexibility index (Phi) is 4.92. The summed E-state index contributed by atoms with van der Waals surface area (Å²) in [4.78, 5) is 13.0. The number of dihydropyridines is 1. The molecule has 0 spiro atoms. The lowest BCUT2D eigenvalue weighted by Crippen LogP contribution is -2.42. The second kappa shape index (κ2) is 7.16. The number of halogens is 2. The Bertz CT molecular complexity index is 737. The lowest BCUT2D eigenvalue weighted by atomic mass is 9.73. The average Bonchev–Trinajstić information content (AvgIpc) is 2.79. The molecule has 1 aromatic rings. The first-order valence-corrected chi connectivity index (χ1v) is 10.1. The summed E-state index contributed by atoms with van der Waals surface area (Å²) >= 11 is 10.1. The van der Waals surface area contributed by atoms with Crippen molar-refractivity contribution in [2.45, 2.75) is 37.6 Å². The first kappa shape index (κ1) is 17.2. The zero-order valence-electron chi connectivity index (χ0n) is 14.1. The monoisotopic (exact) mass is 420 g/mol. The van der Waals surface area contributed by atoms with E-state index >= 15 is 0 Å². The van der Waals surface area contributed by atoms with Crippen LogP contribution in [0.25, 0.3) is 0 Å². The third-order valence-corrected chi connectivity index (χ3v) is 6.74. The van der Waals surface area contributed by atoms with Crippen LogP contribution in [0.4, 0.5) is 0 Å². The third kappa shape index (κ3) is 3.26. The molecule has 2 unspecified atom stereocenters. The maximum absolute atomic E-state index is 11.1. The van der Waals surface area contributed by atoms with Crippen LogP contribution < -0.4 is 5.32 Å². The van der Waals surface area contributed by atoms with Gasteiger partial charge in [-0.2, -0.15) is 0 Å². The molecular weight excluding hydrogens is 400 g/mol. The molecule has 4 rings (SSSR count). The molecule has 2 heterocycles. The van der Waals surface area contributed by atoms with Crippen molar-refractivity contribution in [3.63, 3.8) is 0 Å². The van der Waals surface area contributed by atoms with E-state index in [-0.39, 0.29) is 0 Å². The highest BCUT2D eigenvalue weighted by Gasteiger charge is 2.39. The molecule has 132 valence electrons. The summed E-state index contributed by atoms with van der Waals surface area (Å²) < 4.78 is 1.12. The number of nitrogens with one attached hydrogen (secondary N) is 1. The number of allylic oxidation sites excluding steroid dienone is 2. The smallest absolute Gasteiger partial charge is 0.209 e. The van der Waals surface area contributed by atoms with Gasteiger partial charge in [-0.15, -0.1) is 0 Å². The van der Waals surface area contributed by atoms with E-state index < -0.39 is 0 Å². The molecule has 3 aliphatic rings. The van der Waals surface area contributed by atoms with Crippen molar-refractivity contribution in [3.8, 4) is 0 Å². The number of piperidine rings is 1. The molecule has 25 heavy (non-hydrogen) atoms. The number of hydrogen-bond donors (Lipinski definition) is 1. The van der Waals surface area contributed by atoms with Crippen LogP contribution in [0.15, 0.2) is 40.5 Å². The number of carbonyl (C=O) groups is 1. The standard InChI is InChI=1S/C20H22BrClN2O/c21-17-11-16(22)10-15-4-3-14-2-1-7-23-20(14)19(18(15)17)13-5-8-24(12-25)9-6-13/h1-2,7,10-13,19-20,23H,3-6,8-9H2. The molecule has 1 saturated heterocycles. The first-order chi connectivity index (χ1) is 12.2. The molecule has 0 bridgehead atoms. The lowest BCUT2D eigenvalue weighted by Gasteiger charge is -2.40. The molecule has 1 aliphatic carbocycles. The van der Waals surface area contributed by atoms with Crippen LogP contribution in [0.5, 0.6) is 0 Å². The highest BCUT2D eigenvalue weighted by Crippen LogP contribution is 2.46. The molecule has 2 atom stereocenters. The molecule has 2 aliphatic heterocycles. The number of carbonyl (C=O) groups excluding carboxylic acids is 1. The van der Waals surface area contributed by atoms with Gasteiger partial charge in [0.05, 0.1) is 6.04 Å². The topological polar surface area (TPSA) is 32.3 Å². The van der Waals surface area contributed by atoms with Crippen molar-refractivity contribution in [2.24, 2.45) is 5.92 Å². The van der Waals surface area contributed by atoms with Crippen molar-refractivity contribution in [1.29, 1.82) is 0 Å². The van der Waals surface area contributed by atoms with E-state index in [1.165, 1.54) is 16.7 Å². The van der Waals surface area contributed by atoms with Gasteiger partial charge in [0.2, 0.25) is 6.41 Å². The highest BCUT2D eigenvalue weighted by atomic mass is 79.9. The zero-order chi connectivity index (χ0) is 17.4. The molecule has 1 amide bonds. The summed E-state index contributed by atoms with van der Waals surface area (Å²) in [7, 11) is 0. The van der Waals surface area contributed by atoms with Gasteiger partial charge in [-0.05, 0) is 72.7 Å². The second-order valence-electron chi connectivity index (χ2n) is 7.21. The van der Waals surface area contributed by atoms with Gasteiger partial charge in [0.25, 0.3) is 0 Å². The van der Waals surface area contributed by atoms with Gasteiger partial charge in [0.1, 0.15) is 0 Å². The number of nitrogens with zero attached hydrogens (tertiary/aromatic N) is 1. The molecule has 0 saturated carbocycles. The Balaban J connectivity index is 1.76. The summed E-state index contributed by atoms with van der Waals surface area (Å²) in [6, 6.07) is 4.50. The van der Waals surface area contributed by atoms with E-state index in [4.69, 9.17) is 11.6 Å². The number of amides is 1. The van der Waals surface area contributed by atoms with Crippen LogP contribution in [-0.4, -0.2) is 30.4 Å². The summed E-state index contributed by atoms with van der Waals surface area (Å²) in [5.74, 6) is 0.951. The molecule has 1 fully saturated rings. The Morgan fingerprint density at radius 3 is 2.80 bits per heavy atom. The SMILES string of the molecule is O=CN1CCC(C2c3c(Br)cc(Cl)cc3CCC3=CC=CNC32)CC1. The fraction of sp³-hybridized carbons (Fsp3) is 0.450. The minimum atomic E-state index is 0.330. The number of fused-ring (bicyclic) bond motifs is 2. The van der Waals surface area contributed by atoms with E-state index in [9.17, 15) is 4.79 Å². The number of rotatable bonds is 2. The van der Waals surface area contributed by atoms with Crippen LogP contribution in [0.2, 0.25) is 5.02 Å². The molecule has 1 aromatic carbocycles. The minimum Gasteiger partial charge on any atom is -0.384 e. The normalized spacial score (nSPS) is 26.2. The Morgan fingerprint density at radius 1 is 1.24 bits per heavy atom. The summed E-state index contributed by atoms with van der Waals surface area (Å²) in [5, 5.41) is 4.43. The van der Waals surface area contributed by atoms with Crippen molar-refractivity contribution in [2.75, 3.05) is 13.1 Å². The zero-order valence-corrected chi connectivity index (χ0v) is 16.4. The van der Waals surface area contributed by atoms with Crippen molar-refractivity contribution in [1.82, 2.24) is 10.2 Å². The number of aryl methyl sites for hydroxylation is 1. The van der Waals surface area contributed by atoms with Gasteiger partial charge >= 0.3 is 0 Å². The van der Waals surface area contributed by atoms with E-state index in [1.54, 1.807) is 0 Å². The first-order valence-electron chi connectivity index (χ1n) is 8.96. The number of hydrogen-bond acceptors (Lipinski definition) is 2. The second-order valence-corrected chi connectivity index (χ2v) is 8.50. The number of likely N-dealkylation sites (tertiary alicyclic amines) is 1. The third-order valence-electron chi connectivity index (χ3n) is 5.87. The van der Waals surface area contributed by atoms with Gasteiger partial charge in [-0.3, -0.25) is 4.79 Å². The summed E-state index contributed by atoms with van der Waals surface area (Å²) in [5.41, 5.74) is 4.24. The van der Waals surface area contributed by atoms with Crippen LogP contribution in [0.3, 0.4) is 0 Å². The van der Waals surface area contributed by atoms with Gasteiger partial charge in [-0.25, -0.2) is 0 Å². The Hall–Kier alpha value is -1.26. The quantitative estimate of drug-likeness (QED) is 0.717. The number of benzene rings is 1. The summed E-state index contributed by atoms with van der Waals surface area (Å²) in [6.07, 6.45) is 11.6. The van der Waals surface area contributed by atoms with Crippen LogP contribution in [0.1, 0.15) is 36.3 Å². The molecule has 3 nitrogen and oxygen atoms in total. The predicted molar refractivity (Wildman–Crippen MR) is 105 cm³/mol. The maximum atomic E-state index is 11.1. The van der Waals surface area contributed by atoms with Gasteiger partial charge < -0.3 is 10.2 Å². The minimum absolute atomic E-state index is 0.330. The maximum Gasteiger partial charge on any atom is 0.209 e. The van der Waals surface area contributed by atoms with E-state index in [2.05, 4.69) is 45.7 Å². The molecule has 0 aromatic heterocycles. The van der Waals surface area contributed by atoms with Crippen LogP contribution >= 0.6 is 27.5 Å². The van der Waals surface area contributed by atoms with E-state index in [0.29, 0.717) is 17.9 Å². The largest absolute Gasteiger partial charge is 0.384 e. The fourth-order valence-electron chi connectivity index (χ4n) is 4.67. The molecule has 0 radical (unpaired) electrons. The summed E-state index contributed by atoms with van der Waals surface area (Å²) in [6.45, 7) is 1.71. The predicted octanol–water partition coefficient (Wildman–Crippen LogP) is 4.41. The average molecular weight is 422 g/mol. The molecular formula is C20H22BrClN2O. The van der Waals surface area contributed by atoms with Gasteiger partial charge in [-0.1, -0.05) is 33.6 Å². The molecule has 1 N–H and O–H groups in total. The van der Waals surface area contributed by atoms with Crippen molar-refractivity contribution in [3.05, 3.63) is 56.7 Å². The molecule has 5 heteroatoms. The fourth-order valence-corrected chi connectivity index (χ4v) is 5.81. The lowest BCUT2D eigenvalue weighted by molar-refractivity contribution is -0.119. The van der Waals surface area contributed by atoms with Crippen molar-refractivity contribution >= 4 is 33.9 Å². The van der Waals surface area contributed by atoms with Crippen LogP contribution in [0, 0.1) is 5.92 Å². The van der Waals surface area contributed by atoms with E-state index in [1.807, 2.05) is 11.0 Å². The highest BCUT2D eigenvalue weighted by molar-refractivity contribution is 9.10. The van der Waals surface area contributed by atoms with Crippen LogP contribution in [-0.2, 0) is 11.2 Å². The van der Waals surface area contributed by atoms with Gasteiger partial charge in [0, 0.05) is 28.5 Å².